The van der Waals surface area contributed by atoms with Gasteiger partial charge in [0.2, 0.25) is 0 Å². The fourth-order valence-corrected chi connectivity index (χ4v) is 3.67. The number of nitrogens with zero attached hydrogens (tertiary/aromatic N) is 1. The van der Waals surface area contributed by atoms with Crippen LogP contribution in [0, 0.1) is 0 Å². The van der Waals surface area contributed by atoms with E-state index in [4.69, 9.17) is 12.2 Å². The lowest BCUT2D eigenvalue weighted by Crippen LogP contribution is -3.12. The Morgan fingerprint density at radius 3 is 2.44 bits per heavy atom. The summed E-state index contributed by atoms with van der Waals surface area (Å²) < 4.78 is 0.558. The molecule has 0 spiro atoms. The Morgan fingerprint density at radius 1 is 1.28 bits per heavy atom. The van der Waals surface area contributed by atoms with Gasteiger partial charge in [-0.05, 0) is 37.6 Å². The van der Waals surface area contributed by atoms with Crippen LogP contribution in [0.2, 0.25) is 0 Å². The summed E-state index contributed by atoms with van der Waals surface area (Å²) >= 11 is 6.41. The number of hydrogen-bond donors (Lipinski definition) is 2. The maximum Gasteiger partial charge on any atom is 0.265 e. The molecular formula is C18H24N3O2S2+. The molecule has 1 saturated heterocycles. The number of carbonyl (C=O) groups excluding carboxylic acids is 2. The first-order valence-electron chi connectivity index (χ1n) is 8.39. The SMILES string of the molecule is CC[NH+](CC)CCNC(=O)c1ccc(/C=C2\SC(=S)N(C)C2=O)cc1. The van der Waals surface area contributed by atoms with Gasteiger partial charge in [0.15, 0.2) is 0 Å². The highest BCUT2D eigenvalue weighted by Crippen LogP contribution is 2.31. The first-order chi connectivity index (χ1) is 12.0. The summed E-state index contributed by atoms with van der Waals surface area (Å²) in [5.41, 5.74) is 1.49. The van der Waals surface area contributed by atoms with Crippen LogP contribution in [0.25, 0.3) is 6.08 Å². The molecule has 0 radical (unpaired) electrons. The van der Waals surface area contributed by atoms with Crippen molar-refractivity contribution >= 4 is 46.2 Å². The average molecular weight is 379 g/mol. The standard InChI is InChI=1S/C18H23N3O2S2/c1-4-21(5-2)11-10-19-16(22)14-8-6-13(7-9-14)12-15-17(23)20(3)18(24)25-15/h6-9,12H,4-5,10-11H2,1-3H3,(H,19,22)/p+1/b15-12-. The van der Waals surface area contributed by atoms with Gasteiger partial charge in [-0.2, -0.15) is 0 Å². The largest absolute Gasteiger partial charge is 0.346 e. The summed E-state index contributed by atoms with van der Waals surface area (Å²) in [6.45, 7) is 8.00. The molecule has 1 aromatic rings. The highest BCUT2D eigenvalue weighted by atomic mass is 32.2. The lowest BCUT2D eigenvalue weighted by Gasteiger charge is -2.15. The molecule has 7 heteroatoms. The van der Waals surface area contributed by atoms with Gasteiger partial charge in [-0.1, -0.05) is 36.1 Å². The molecule has 1 fully saturated rings. The number of carbonyl (C=O) groups is 2. The number of thiocarbonyl (C=S) groups is 1. The summed E-state index contributed by atoms with van der Waals surface area (Å²) in [4.78, 5) is 27.7. The summed E-state index contributed by atoms with van der Waals surface area (Å²) in [6, 6.07) is 7.23. The third-order valence-electron chi connectivity index (χ3n) is 4.22. The van der Waals surface area contributed by atoms with Gasteiger partial charge in [0, 0.05) is 12.6 Å². The molecule has 0 unspecified atom stereocenters. The van der Waals surface area contributed by atoms with Crippen molar-refractivity contribution in [2.24, 2.45) is 0 Å². The Morgan fingerprint density at radius 2 is 1.92 bits per heavy atom. The fraction of sp³-hybridized carbons (Fsp3) is 0.389. The average Bonchev–Trinajstić information content (AvgIpc) is 2.86. The number of quaternary nitrogens is 1. The van der Waals surface area contributed by atoms with E-state index in [1.54, 1.807) is 25.3 Å². The predicted molar refractivity (Wildman–Crippen MR) is 107 cm³/mol. The van der Waals surface area contributed by atoms with Crippen molar-refractivity contribution in [3.05, 3.63) is 40.3 Å². The van der Waals surface area contributed by atoms with Crippen molar-refractivity contribution in [2.45, 2.75) is 13.8 Å². The van der Waals surface area contributed by atoms with E-state index in [1.165, 1.54) is 21.6 Å². The number of amides is 2. The van der Waals surface area contributed by atoms with E-state index in [0.29, 0.717) is 21.3 Å². The van der Waals surface area contributed by atoms with E-state index < -0.39 is 0 Å². The smallest absolute Gasteiger partial charge is 0.265 e. The molecule has 0 saturated carbocycles. The number of rotatable bonds is 7. The van der Waals surface area contributed by atoms with E-state index in [9.17, 15) is 9.59 Å². The molecule has 1 aromatic carbocycles. The molecule has 1 aliphatic rings. The van der Waals surface area contributed by atoms with Crippen LogP contribution < -0.4 is 10.2 Å². The molecule has 2 amide bonds. The lowest BCUT2D eigenvalue weighted by atomic mass is 10.1. The summed E-state index contributed by atoms with van der Waals surface area (Å²) in [5.74, 6) is -0.159. The number of hydrogen-bond acceptors (Lipinski definition) is 4. The summed E-state index contributed by atoms with van der Waals surface area (Å²) in [7, 11) is 1.67. The second kappa shape index (κ2) is 9.12. The molecule has 0 aromatic heterocycles. The Balaban J connectivity index is 1.94. The van der Waals surface area contributed by atoms with Crippen LogP contribution in [0.4, 0.5) is 0 Å². The second-order valence-electron chi connectivity index (χ2n) is 5.83. The normalized spacial score (nSPS) is 16.2. The van der Waals surface area contributed by atoms with Crippen molar-refractivity contribution in [1.29, 1.82) is 0 Å². The van der Waals surface area contributed by atoms with Gasteiger partial charge in [-0.15, -0.1) is 0 Å². The van der Waals surface area contributed by atoms with E-state index >= 15 is 0 Å². The van der Waals surface area contributed by atoms with E-state index in [1.807, 2.05) is 12.1 Å². The minimum absolute atomic E-state index is 0.0713. The monoisotopic (exact) mass is 378 g/mol. The molecule has 0 bridgehead atoms. The van der Waals surface area contributed by atoms with Gasteiger partial charge in [-0.25, -0.2) is 0 Å². The molecule has 1 aliphatic heterocycles. The minimum atomic E-state index is -0.0873. The molecule has 5 nitrogen and oxygen atoms in total. The van der Waals surface area contributed by atoms with Gasteiger partial charge in [0.25, 0.3) is 11.8 Å². The molecule has 1 heterocycles. The highest BCUT2D eigenvalue weighted by molar-refractivity contribution is 8.26. The van der Waals surface area contributed by atoms with Crippen LogP contribution >= 0.6 is 24.0 Å². The molecule has 2 N–H and O–H groups in total. The molecule has 0 atom stereocenters. The Labute approximate surface area is 158 Å². The van der Waals surface area contributed by atoms with Crippen LogP contribution in [0.5, 0.6) is 0 Å². The maximum atomic E-state index is 12.2. The highest BCUT2D eigenvalue weighted by Gasteiger charge is 2.28. The minimum Gasteiger partial charge on any atom is -0.346 e. The van der Waals surface area contributed by atoms with Gasteiger partial charge >= 0.3 is 0 Å². The summed E-state index contributed by atoms with van der Waals surface area (Å²) in [6.07, 6.45) is 1.80. The summed E-state index contributed by atoms with van der Waals surface area (Å²) in [5, 5.41) is 2.95. The van der Waals surface area contributed by atoms with Gasteiger partial charge in [0.05, 0.1) is 31.1 Å². The van der Waals surface area contributed by atoms with Crippen LogP contribution in [0.1, 0.15) is 29.8 Å². The quantitative estimate of drug-likeness (QED) is 0.553. The van der Waals surface area contributed by atoms with Gasteiger partial charge in [-0.3, -0.25) is 14.5 Å². The first-order valence-corrected chi connectivity index (χ1v) is 9.62. The third kappa shape index (κ3) is 5.14. The zero-order valence-corrected chi connectivity index (χ0v) is 16.4. The Bertz CT molecular complexity index is 682. The van der Waals surface area contributed by atoms with Crippen molar-refractivity contribution in [3.63, 3.8) is 0 Å². The Kier molecular flexibility index (Phi) is 7.16. The molecule has 2 rings (SSSR count). The lowest BCUT2D eigenvalue weighted by molar-refractivity contribution is -0.895. The van der Waals surface area contributed by atoms with E-state index in [-0.39, 0.29) is 11.8 Å². The first kappa shape index (κ1) is 19.6. The topological polar surface area (TPSA) is 53.9 Å². The molecule has 25 heavy (non-hydrogen) atoms. The Hall–Kier alpha value is -1.70. The van der Waals surface area contributed by atoms with Crippen molar-refractivity contribution < 1.29 is 14.5 Å². The second-order valence-corrected chi connectivity index (χ2v) is 7.50. The zero-order chi connectivity index (χ0) is 18.4. The molecular weight excluding hydrogens is 354 g/mol. The van der Waals surface area contributed by atoms with E-state index in [2.05, 4.69) is 19.2 Å². The number of benzene rings is 1. The van der Waals surface area contributed by atoms with Crippen molar-refractivity contribution in [2.75, 3.05) is 33.2 Å². The van der Waals surface area contributed by atoms with Crippen molar-refractivity contribution in [3.8, 4) is 0 Å². The molecule has 134 valence electrons. The predicted octanol–water partition coefficient (Wildman–Crippen LogP) is 1.17. The maximum absolute atomic E-state index is 12.2. The van der Waals surface area contributed by atoms with Crippen LogP contribution in [0.15, 0.2) is 29.2 Å². The number of nitrogens with one attached hydrogen (secondary N) is 2. The van der Waals surface area contributed by atoms with Crippen molar-refractivity contribution in [1.82, 2.24) is 10.2 Å². The zero-order valence-electron chi connectivity index (χ0n) is 14.8. The van der Waals surface area contributed by atoms with Crippen LogP contribution in [0.3, 0.4) is 0 Å². The molecule has 0 aliphatic carbocycles. The number of thioether (sulfide) groups is 1. The van der Waals surface area contributed by atoms with Gasteiger partial charge < -0.3 is 10.2 Å². The third-order valence-corrected chi connectivity index (χ3v) is 5.71. The van der Waals surface area contributed by atoms with Gasteiger partial charge in [0.1, 0.15) is 4.32 Å². The van der Waals surface area contributed by atoms with E-state index in [0.717, 1.165) is 25.2 Å². The fourth-order valence-electron chi connectivity index (χ4n) is 2.49. The number of likely N-dealkylation sites (N-methyl/N-ethyl adjacent to an activating group) is 2. The van der Waals surface area contributed by atoms with Crippen LogP contribution in [-0.4, -0.2) is 54.3 Å². The van der Waals surface area contributed by atoms with Crippen LogP contribution in [-0.2, 0) is 4.79 Å².